The quantitative estimate of drug-likeness (QED) is 0.689. The Morgan fingerprint density at radius 1 is 1.20 bits per heavy atom. The third kappa shape index (κ3) is 7.60. The van der Waals surface area contributed by atoms with Crippen molar-refractivity contribution in [3.8, 4) is 0 Å². The maximum absolute atomic E-state index is 11.8. The number of hydrogen-bond donors (Lipinski definition) is 1. The third-order valence-electron chi connectivity index (χ3n) is 2.91. The summed E-state index contributed by atoms with van der Waals surface area (Å²) in [5.74, 6) is -1.74. The molecule has 0 fully saturated rings. The number of ether oxygens (including phenoxy) is 1. The molecule has 120 valence electrons. The maximum atomic E-state index is 11.8. The molecule has 0 spiro atoms. The van der Waals surface area contributed by atoms with Gasteiger partial charge in [0, 0.05) is 13.0 Å². The van der Waals surface area contributed by atoms with Crippen LogP contribution in [0.15, 0.2) is 0 Å². The third-order valence-corrected chi connectivity index (χ3v) is 2.91. The van der Waals surface area contributed by atoms with Crippen LogP contribution in [-0.2, 0) is 14.3 Å². The topological polar surface area (TPSA) is 66.8 Å². The standard InChI is InChI=1S/C13H25NO4.C2H6/c1-6-11(15)10(8-14(4)5)12(16)9(3)13(17)18-7-2;1-2/h9-10,12,16H,6-8H2,1-5H3;1-2H3. The van der Waals surface area contributed by atoms with E-state index in [-0.39, 0.29) is 12.4 Å². The molecule has 0 aliphatic carbocycles. The van der Waals surface area contributed by atoms with Gasteiger partial charge in [0.15, 0.2) is 0 Å². The van der Waals surface area contributed by atoms with Crippen molar-refractivity contribution in [3.63, 3.8) is 0 Å². The van der Waals surface area contributed by atoms with Crippen LogP contribution >= 0.6 is 0 Å². The molecule has 20 heavy (non-hydrogen) atoms. The minimum Gasteiger partial charge on any atom is -0.466 e. The van der Waals surface area contributed by atoms with E-state index in [4.69, 9.17) is 4.74 Å². The number of Topliss-reactive ketones (excluding diaryl/α,β-unsaturated/α-hetero) is 1. The fourth-order valence-electron chi connectivity index (χ4n) is 1.82. The second-order valence-electron chi connectivity index (χ2n) is 4.72. The molecule has 0 amide bonds. The molecule has 5 nitrogen and oxygen atoms in total. The number of carbonyl (C=O) groups excluding carboxylic acids is 2. The predicted octanol–water partition coefficient (Wildman–Crippen LogP) is 1.73. The van der Waals surface area contributed by atoms with Crippen molar-refractivity contribution in [2.24, 2.45) is 11.8 Å². The molecular formula is C15H31NO4. The van der Waals surface area contributed by atoms with Gasteiger partial charge in [-0.3, -0.25) is 9.59 Å². The lowest BCUT2D eigenvalue weighted by atomic mass is 9.87. The molecule has 3 unspecified atom stereocenters. The number of hydrogen-bond acceptors (Lipinski definition) is 5. The van der Waals surface area contributed by atoms with Gasteiger partial charge < -0.3 is 14.7 Å². The number of aliphatic hydroxyl groups excluding tert-OH is 1. The van der Waals surface area contributed by atoms with Crippen molar-refractivity contribution in [1.29, 1.82) is 0 Å². The smallest absolute Gasteiger partial charge is 0.311 e. The number of esters is 1. The van der Waals surface area contributed by atoms with Crippen molar-refractivity contribution in [2.75, 3.05) is 27.2 Å². The number of rotatable bonds is 8. The van der Waals surface area contributed by atoms with E-state index in [0.29, 0.717) is 13.0 Å². The predicted molar refractivity (Wildman–Crippen MR) is 80.5 cm³/mol. The van der Waals surface area contributed by atoms with Gasteiger partial charge in [0.25, 0.3) is 0 Å². The lowest BCUT2D eigenvalue weighted by Crippen LogP contribution is -2.42. The molecule has 0 aromatic heterocycles. The molecule has 0 aromatic carbocycles. The summed E-state index contributed by atoms with van der Waals surface area (Å²) < 4.78 is 4.87. The van der Waals surface area contributed by atoms with E-state index in [2.05, 4.69) is 0 Å². The first kappa shape index (κ1) is 21.4. The van der Waals surface area contributed by atoms with Crippen molar-refractivity contribution in [3.05, 3.63) is 0 Å². The molecule has 0 aliphatic heterocycles. The maximum Gasteiger partial charge on any atom is 0.311 e. The highest BCUT2D eigenvalue weighted by atomic mass is 16.5. The Morgan fingerprint density at radius 3 is 2.05 bits per heavy atom. The van der Waals surface area contributed by atoms with Crippen molar-refractivity contribution < 1.29 is 19.4 Å². The van der Waals surface area contributed by atoms with E-state index in [1.54, 1.807) is 20.8 Å². The Kier molecular flexibility index (Phi) is 12.7. The normalized spacial score (nSPS) is 14.8. The highest BCUT2D eigenvalue weighted by Crippen LogP contribution is 2.18. The minimum atomic E-state index is -1.00. The van der Waals surface area contributed by atoms with Crippen LogP contribution in [0.1, 0.15) is 41.0 Å². The monoisotopic (exact) mass is 289 g/mol. The molecule has 0 rings (SSSR count). The summed E-state index contributed by atoms with van der Waals surface area (Å²) >= 11 is 0. The largest absolute Gasteiger partial charge is 0.466 e. The van der Waals surface area contributed by atoms with E-state index >= 15 is 0 Å². The molecular weight excluding hydrogens is 258 g/mol. The molecule has 0 heterocycles. The Labute approximate surface area is 123 Å². The van der Waals surface area contributed by atoms with Crippen LogP contribution in [0.25, 0.3) is 0 Å². The van der Waals surface area contributed by atoms with Crippen LogP contribution in [0, 0.1) is 11.8 Å². The SMILES string of the molecule is CC.CCOC(=O)C(C)C(O)C(CN(C)C)C(=O)CC. The Hall–Kier alpha value is -0.940. The number of nitrogens with zero attached hydrogens (tertiary/aromatic N) is 1. The fraction of sp³-hybridized carbons (Fsp3) is 0.867. The Morgan fingerprint density at radius 2 is 1.70 bits per heavy atom. The van der Waals surface area contributed by atoms with Crippen LogP contribution in [0.5, 0.6) is 0 Å². The second-order valence-corrected chi connectivity index (χ2v) is 4.72. The summed E-state index contributed by atoms with van der Waals surface area (Å²) in [5, 5.41) is 10.2. The summed E-state index contributed by atoms with van der Waals surface area (Å²) in [7, 11) is 3.66. The first-order valence-electron chi connectivity index (χ1n) is 7.37. The Balaban J connectivity index is 0. The summed E-state index contributed by atoms with van der Waals surface area (Å²) in [5.41, 5.74) is 0. The summed E-state index contributed by atoms with van der Waals surface area (Å²) in [6.07, 6.45) is -0.649. The van der Waals surface area contributed by atoms with Crippen LogP contribution in [0.3, 0.4) is 0 Å². The summed E-state index contributed by atoms with van der Waals surface area (Å²) in [6, 6.07) is 0. The van der Waals surface area contributed by atoms with Gasteiger partial charge in [-0.25, -0.2) is 0 Å². The molecule has 3 atom stereocenters. The fourth-order valence-corrected chi connectivity index (χ4v) is 1.82. The van der Waals surface area contributed by atoms with Gasteiger partial charge in [-0.15, -0.1) is 0 Å². The van der Waals surface area contributed by atoms with Crippen LogP contribution in [-0.4, -0.2) is 55.1 Å². The first-order chi connectivity index (χ1) is 9.34. The number of aliphatic hydroxyl groups is 1. The molecule has 0 aliphatic rings. The van der Waals surface area contributed by atoms with E-state index in [1.165, 1.54) is 0 Å². The molecule has 5 heteroatoms. The van der Waals surface area contributed by atoms with Crippen LogP contribution < -0.4 is 0 Å². The average Bonchev–Trinajstić information content (AvgIpc) is 2.44. The van der Waals surface area contributed by atoms with Crippen LogP contribution in [0.2, 0.25) is 0 Å². The van der Waals surface area contributed by atoms with E-state index in [0.717, 1.165) is 0 Å². The van der Waals surface area contributed by atoms with E-state index in [9.17, 15) is 14.7 Å². The zero-order chi connectivity index (χ0) is 16.3. The van der Waals surface area contributed by atoms with Gasteiger partial charge in [0.1, 0.15) is 5.78 Å². The molecule has 0 radical (unpaired) electrons. The Bertz CT molecular complexity index is 279. The average molecular weight is 289 g/mol. The lowest BCUT2D eigenvalue weighted by Gasteiger charge is -2.27. The first-order valence-corrected chi connectivity index (χ1v) is 7.37. The van der Waals surface area contributed by atoms with Crippen molar-refractivity contribution in [2.45, 2.75) is 47.1 Å². The van der Waals surface area contributed by atoms with Gasteiger partial charge in [-0.1, -0.05) is 20.8 Å². The van der Waals surface area contributed by atoms with Crippen molar-refractivity contribution in [1.82, 2.24) is 4.90 Å². The summed E-state index contributed by atoms with van der Waals surface area (Å²) in [4.78, 5) is 25.2. The zero-order valence-corrected chi connectivity index (χ0v) is 14.0. The molecule has 1 N–H and O–H groups in total. The molecule has 0 saturated heterocycles. The van der Waals surface area contributed by atoms with Gasteiger partial charge in [-0.05, 0) is 27.9 Å². The summed E-state index contributed by atoms with van der Waals surface area (Å²) in [6.45, 7) is 9.76. The highest BCUT2D eigenvalue weighted by molar-refractivity contribution is 5.83. The van der Waals surface area contributed by atoms with Crippen molar-refractivity contribution >= 4 is 11.8 Å². The second kappa shape index (κ2) is 11.9. The lowest BCUT2D eigenvalue weighted by molar-refractivity contribution is -0.153. The number of ketones is 1. The minimum absolute atomic E-state index is 0.0349. The van der Waals surface area contributed by atoms with E-state index < -0.39 is 23.9 Å². The van der Waals surface area contributed by atoms with Gasteiger partial charge in [0.05, 0.1) is 24.5 Å². The van der Waals surface area contributed by atoms with Gasteiger partial charge in [0.2, 0.25) is 0 Å². The molecule has 0 aromatic rings. The molecule has 0 saturated carbocycles. The van der Waals surface area contributed by atoms with E-state index in [1.807, 2.05) is 32.8 Å². The van der Waals surface area contributed by atoms with Crippen LogP contribution in [0.4, 0.5) is 0 Å². The van der Waals surface area contributed by atoms with Gasteiger partial charge >= 0.3 is 5.97 Å². The molecule has 0 bridgehead atoms. The highest BCUT2D eigenvalue weighted by Gasteiger charge is 2.34. The number of carbonyl (C=O) groups is 2. The van der Waals surface area contributed by atoms with Gasteiger partial charge in [-0.2, -0.15) is 0 Å². The zero-order valence-electron chi connectivity index (χ0n) is 14.0.